The van der Waals surface area contributed by atoms with Crippen molar-refractivity contribution in [2.75, 3.05) is 0 Å². The Balaban J connectivity index is 0.000000671. The molecule has 0 heterocycles. The van der Waals surface area contributed by atoms with Crippen LogP contribution in [0.5, 0.6) is 0 Å². The molecule has 0 unspecified atom stereocenters. The van der Waals surface area contributed by atoms with Gasteiger partial charge in [0, 0.05) is 4.47 Å². The SMILES string of the molecule is CC.Cc1ccc(Br)cc1C(=O)O. The molecule has 0 bridgehead atoms. The van der Waals surface area contributed by atoms with Gasteiger partial charge in [0.15, 0.2) is 0 Å². The average Bonchev–Trinajstić information content (AvgIpc) is 2.12. The van der Waals surface area contributed by atoms with Crippen LogP contribution in [-0.2, 0) is 0 Å². The molecule has 0 fully saturated rings. The second-order valence-electron chi connectivity index (χ2n) is 2.26. The van der Waals surface area contributed by atoms with Crippen LogP contribution in [0.1, 0.15) is 29.8 Å². The molecular formula is C10H13BrO2. The fourth-order valence-electron chi connectivity index (χ4n) is 0.825. The summed E-state index contributed by atoms with van der Waals surface area (Å²) in [7, 11) is 0. The highest BCUT2D eigenvalue weighted by Crippen LogP contribution is 2.15. The second kappa shape index (κ2) is 5.75. The van der Waals surface area contributed by atoms with Gasteiger partial charge in [-0.1, -0.05) is 35.8 Å². The topological polar surface area (TPSA) is 37.3 Å². The molecule has 0 spiro atoms. The van der Waals surface area contributed by atoms with Gasteiger partial charge in [-0.25, -0.2) is 4.79 Å². The van der Waals surface area contributed by atoms with Gasteiger partial charge in [0.25, 0.3) is 0 Å². The lowest BCUT2D eigenvalue weighted by Gasteiger charge is -1.99. The Morgan fingerprint density at radius 1 is 1.38 bits per heavy atom. The van der Waals surface area contributed by atoms with E-state index in [4.69, 9.17) is 5.11 Å². The number of benzene rings is 1. The lowest BCUT2D eigenvalue weighted by Crippen LogP contribution is -1.98. The number of rotatable bonds is 1. The summed E-state index contributed by atoms with van der Waals surface area (Å²) in [5, 5.41) is 8.67. The molecule has 3 heteroatoms. The fraction of sp³-hybridized carbons (Fsp3) is 0.300. The Labute approximate surface area is 86.7 Å². The summed E-state index contributed by atoms with van der Waals surface area (Å²) in [5.74, 6) is -0.885. The predicted octanol–water partition coefficient (Wildman–Crippen LogP) is 3.48. The highest BCUT2D eigenvalue weighted by molar-refractivity contribution is 9.10. The first kappa shape index (κ1) is 12.2. The van der Waals surface area contributed by atoms with E-state index < -0.39 is 5.97 Å². The lowest BCUT2D eigenvalue weighted by molar-refractivity contribution is 0.0696. The zero-order valence-corrected chi connectivity index (χ0v) is 9.55. The largest absolute Gasteiger partial charge is 0.478 e. The summed E-state index contributed by atoms with van der Waals surface area (Å²) in [6, 6.07) is 5.19. The third-order valence-corrected chi connectivity index (χ3v) is 1.92. The number of aryl methyl sites for hydroxylation is 1. The Kier molecular flexibility index (Phi) is 5.39. The Bertz CT molecular complexity index is 295. The lowest BCUT2D eigenvalue weighted by atomic mass is 10.1. The molecule has 0 aromatic heterocycles. The fourth-order valence-corrected chi connectivity index (χ4v) is 1.19. The summed E-state index contributed by atoms with van der Waals surface area (Å²) >= 11 is 3.20. The first-order chi connectivity index (χ1) is 6.11. The van der Waals surface area contributed by atoms with Gasteiger partial charge in [0.1, 0.15) is 0 Å². The van der Waals surface area contributed by atoms with Crippen molar-refractivity contribution in [1.29, 1.82) is 0 Å². The molecule has 13 heavy (non-hydrogen) atoms. The van der Waals surface area contributed by atoms with E-state index in [0.717, 1.165) is 10.0 Å². The molecule has 0 aliphatic rings. The van der Waals surface area contributed by atoms with Crippen molar-refractivity contribution < 1.29 is 9.90 Å². The molecule has 1 N–H and O–H groups in total. The van der Waals surface area contributed by atoms with E-state index in [2.05, 4.69) is 15.9 Å². The van der Waals surface area contributed by atoms with Gasteiger partial charge < -0.3 is 5.11 Å². The van der Waals surface area contributed by atoms with E-state index in [1.54, 1.807) is 19.1 Å². The van der Waals surface area contributed by atoms with Crippen LogP contribution >= 0.6 is 15.9 Å². The van der Waals surface area contributed by atoms with Crippen LogP contribution < -0.4 is 0 Å². The molecule has 1 aromatic carbocycles. The van der Waals surface area contributed by atoms with Crippen molar-refractivity contribution in [3.63, 3.8) is 0 Å². The molecule has 0 saturated carbocycles. The number of hydrogen-bond acceptors (Lipinski definition) is 1. The first-order valence-corrected chi connectivity index (χ1v) is 4.90. The molecule has 0 radical (unpaired) electrons. The molecule has 1 aromatic rings. The number of carboxylic acids is 1. The van der Waals surface area contributed by atoms with Crippen molar-refractivity contribution in [3.05, 3.63) is 33.8 Å². The van der Waals surface area contributed by atoms with Crippen LogP contribution in [0.2, 0.25) is 0 Å². The van der Waals surface area contributed by atoms with Crippen LogP contribution in [0.4, 0.5) is 0 Å². The van der Waals surface area contributed by atoms with E-state index in [0.29, 0.717) is 5.56 Å². The van der Waals surface area contributed by atoms with Gasteiger partial charge in [0.2, 0.25) is 0 Å². The number of aromatic carboxylic acids is 1. The second-order valence-corrected chi connectivity index (χ2v) is 3.18. The third-order valence-electron chi connectivity index (χ3n) is 1.43. The molecule has 2 nitrogen and oxygen atoms in total. The van der Waals surface area contributed by atoms with E-state index in [1.165, 1.54) is 0 Å². The van der Waals surface area contributed by atoms with Crippen molar-refractivity contribution in [3.8, 4) is 0 Å². The van der Waals surface area contributed by atoms with Crippen LogP contribution in [0.3, 0.4) is 0 Å². The molecule has 0 aliphatic carbocycles. The summed E-state index contributed by atoms with van der Waals surface area (Å²) in [4.78, 5) is 10.6. The molecule has 1 rings (SSSR count). The van der Waals surface area contributed by atoms with Crippen LogP contribution in [-0.4, -0.2) is 11.1 Å². The van der Waals surface area contributed by atoms with Crippen LogP contribution in [0.15, 0.2) is 22.7 Å². The van der Waals surface area contributed by atoms with Gasteiger partial charge in [-0.2, -0.15) is 0 Å². The van der Waals surface area contributed by atoms with Crippen molar-refractivity contribution in [2.24, 2.45) is 0 Å². The molecule has 0 atom stereocenters. The summed E-state index contributed by atoms with van der Waals surface area (Å²) < 4.78 is 0.792. The van der Waals surface area contributed by atoms with Crippen LogP contribution in [0.25, 0.3) is 0 Å². The zero-order chi connectivity index (χ0) is 10.4. The summed E-state index contributed by atoms with van der Waals surface area (Å²) in [6.07, 6.45) is 0. The van der Waals surface area contributed by atoms with Crippen LogP contribution in [0, 0.1) is 6.92 Å². The highest BCUT2D eigenvalue weighted by atomic mass is 79.9. The number of carboxylic acid groups (broad SMARTS) is 1. The quantitative estimate of drug-likeness (QED) is 0.822. The monoisotopic (exact) mass is 244 g/mol. The maximum atomic E-state index is 10.6. The molecule has 72 valence electrons. The minimum Gasteiger partial charge on any atom is -0.478 e. The maximum absolute atomic E-state index is 10.6. The van der Waals surface area contributed by atoms with Gasteiger partial charge in [-0.15, -0.1) is 0 Å². The van der Waals surface area contributed by atoms with Gasteiger partial charge >= 0.3 is 5.97 Å². The zero-order valence-electron chi connectivity index (χ0n) is 7.97. The van der Waals surface area contributed by atoms with E-state index in [-0.39, 0.29) is 0 Å². The number of hydrogen-bond donors (Lipinski definition) is 1. The van der Waals surface area contributed by atoms with E-state index in [9.17, 15) is 4.79 Å². The van der Waals surface area contributed by atoms with Crippen molar-refractivity contribution >= 4 is 21.9 Å². The Hall–Kier alpha value is -0.830. The van der Waals surface area contributed by atoms with Gasteiger partial charge in [-0.3, -0.25) is 0 Å². The normalized spacial score (nSPS) is 8.62. The standard InChI is InChI=1S/C8H7BrO2.C2H6/c1-5-2-3-6(9)4-7(5)8(10)11;1-2/h2-4H,1H3,(H,10,11);1-2H3. The maximum Gasteiger partial charge on any atom is 0.335 e. The molecule has 0 aliphatic heterocycles. The number of carbonyl (C=O) groups is 1. The Morgan fingerprint density at radius 2 is 1.92 bits per heavy atom. The van der Waals surface area contributed by atoms with Crippen molar-refractivity contribution in [2.45, 2.75) is 20.8 Å². The van der Waals surface area contributed by atoms with Crippen molar-refractivity contribution in [1.82, 2.24) is 0 Å². The highest BCUT2D eigenvalue weighted by Gasteiger charge is 2.05. The summed E-state index contributed by atoms with van der Waals surface area (Å²) in [6.45, 7) is 5.77. The minimum atomic E-state index is -0.885. The molecule has 0 amide bonds. The Morgan fingerprint density at radius 3 is 2.31 bits per heavy atom. The van der Waals surface area contributed by atoms with E-state index >= 15 is 0 Å². The molecular weight excluding hydrogens is 232 g/mol. The smallest absolute Gasteiger partial charge is 0.335 e. The number of halogens is 1. The van der Waals surface area contributed by atoms with Gasteiger partial charge in [0.05, 0.1) is 5.56 Å². The summed E-state index contributed by atoms with van der Waals surface area (Å²) in [5.41, 5.74) is 1.13. The van der Waals surface area contributed by atoms with E-state index in [1.807, 2.05) is 19.9 Å². The van der Waals surface area contributed by atoms with Gasteiger partial charge in [-0.05, 0) is 24.6 Å². The third kappa shape index (κ3) is 3.59. The predicted molar refractivity (Wildman–Crippen MR) is 57.2 cm³/mol. The average molecular weight is 245 g/mol. The minimum absolute atomic E-state index is 0.347. The first-order valence-electron chi connectivity index (χ1n) is 4.10. The molecule has 0 saturated heterocycles.